The molecule has 1 fully saturated rings. The van der Waals surface area contributed by atoms with E-state index in [2.05, 4.69) is 13.8 Å². The SMILES string of the molecule is COCCC1(C(=O)N(C)CCC(N)C(C)C)CCCC1.Cl. The summed E-state index contributed by atoms with van der Waals surface area (Å²) in [5.41, 5.74) is 5.90. The van der Waals surface area contributed by atoms with Crippen LogP contribution in [0.15, 0.2) is 0 Å². The van der Waals surface area contributed by atoms with Gasteiger partial charge in [0.15, 0.2) is 0 Å². The van der Waals surface area contributed by atoms with E-state index < -0.39 is 0 Å². The quantitative estimate of drug-likeness (QED) is 0.748. The number of halogens is 1. The number of nitrogens with zero attached hydrogens (tertiary/aromatic N) is 1. The Morgan fingerprint density at radius 1 is 1.33 bits per heavy atom. The monoisotopic (exact) mass is 320 g/mol. The largest absolute Gasteiger partial charge is 0.385 e. The van der Waals surface area contributed by atoms with E-state index in [4.69, 9.17) is 10.5 Å². The Kier molecular flexibility index (Phi) is 9.50. The van der Waals surface area contributed by atoms with Crippen molar-refractivity contribution in [3.8, 4) is 0 Å². The molecule has 1 unspecified atom stereocenters. The maximum absolute atomic E-state index is 12.8. The first kappa shape index (κ1) is 20.7. The van der Waals surface area contributed by atoms with Crippen LogP contribution in [0.4, 0.5) is 0 Å². The molecule has 0 aromatic carbocycles. The van der Waals surface area contributed by atoms with Gasteiger partial charge >= 0.3 is 0 Å². The van der Waals surface area contributed by atoms with Gasteiger partial charge in [0.2, 0.25) is 5.91 Å². The number of rotatable bonds is 8. The van der Waals surface area contributed by atoms with E-state index in [0.717, 1.165) is 45.1 Å². The lowest BCUT2D eigenvalue weighted by Gasteiger charge is -2.33. The van der Waals surface area contributed by atoms with E-state index in [9.17, 15) is 4.79 Å². The van der Waals surface area contributed by atoms with Crippen molar-refractivity contribution >= 4 is 18.3 Å². The molecule has 4 nitrogen and oxygen atoms in total. The Morgan fingerprint density at radius 2 is 1.90 bits per heavy atom. The average Bonchev–Trinajstić information content (AvgIpc) is 2.91. The molecule has 1 atom stereocenters. The lowest BCUT2D eigenvalue weighted by Crippen LogP contribution is -2.43. The van der Waals surface area contributed by atoms with E-state index in [-0.39, 0.29) is 23.9 Å². The second kappa shape index (κ2) is 9.65. The van der Waals surface area contributed by atoms with Gasteiger partial charge in [0.1, 0.15) is 0 Å². The third kappa shape index (κ3) is 5.76. The van der Waals surface area contributed by atoms with Crippen LogP contribution in [-0.4, -0.2) is 44.2 Å². The van der Waals surface area contributed by atoms with Gasteiger partial charge in [-0.1, -0.05) is 26.7 Å². The molecule has 0 radical (unpaired) electrons. The molecule has 1 aliphatic carbocycles. The molecule has 1 amide bonds. The molecule has 0 aromatic heterocycles. The summed E-state index contributed by atoms with van der Waals surface area (Å²) in [5, 5.41) is 0. The lowest BCUT2D eigenvalue weighted by molar-refractivity contribution is -0.141. The fraction of sp³-hybridized carbons (Fsp3) is 0.938. The van der Waals surface area contributed by atoms with Gasteiger partial charge in [0.25, 0.3) is 0 Å². The number of hydrogen-bond donors (Lipinski definition) is 1. The first-order valence-electron chi connectivity index (χ1n) is 7.93. The number of amides is 1. The van der Waals surface area contributed by atoms with Crippen LogP contribution in [-0.2, 0) is 9.53 Å². The van der Waals surface area contributed by atoms with Gasteiger partial charge in [-0.05, 0) is 31.6 Å². The van der Waals surface area contributed by atoms with E-state index in [0.29, 0.717) is 18.4 Å². The topological polar surface area (TPSA) is 55.6 Å². The van der Waals surface area contributed by atoms with Gasteiger partial charge in [-0.15, -0.1) is 12.4 Å². The summed E-state index contributed by atoms with van der Waals surface area (Å²) >= 11 is 0. The Bertz CT molecular complexity index is 305. The zero-order valence-corrected chi connectivity index (χ0v) is 14.9. The highest BCUT2D eigenvalue weighted by molar-refractivity contribution is 5.85. The average molecular weight is 321 g/mol. The Balaban J connectivity index is 0.00000400. The third-order valence-corrected chi connectivity index (χ3v) is 4.80. The molecule has 2 N–H and O–H groups in total. The lowest BCUT2D eigenvalue weighted by atomic mass is 9.81. The fourth-order valence-electron chi connectivity index (χ4n) is 3.10. The zero-order valence-electron chi connectivity index (χ0n) is 14.1. The number of nitrogens with two attached hydrogens (primary N) is 1. The van der Waals surface area contributed by atoms with Crippen molar-refractivity contribution < 1.29 is 9.53 Å². The van der Waals surface area contributed by atoms with Crippen LogP contribution in [0.1, 0.15) is 52.4 Å². The summed E-state index contributed by atoms with van der Waals surface area (Å²) in [7, 11) is 3.63. The predicted molar refractivity (Wildman–Crippen MR) is 89.7 cm³/mol. The van der Waals surface area contributed by atoms with Gasteiger partial charge in [-0.2, -0.15) is 0 Å². The van der Waals surface area contributed by atoms with Gasteiger partial charge in [-0.25, -0.2) is 0 Å². The molecule has 0 saturated heterocycles. The minimum absolute atomic E-state index is 0. The summed E-state index contributed by atoms with van der Waals surface area (Å²) in [6, 6.07) is 0.170. The highest BCUT2D eigenvalue weighted by Gasteiger charge is 2.42. The Hall–Kier alpha value is -0.320. The van der Waals surface area contributed by atoms with Crippen LogP contribution in [0, 0.1) is 11.3 Å². The maximum atomic E-state index is 12.8. The molecule has 0 bridgehead atoms. The highest BCUT2D eigenvalue weighted by atomic mass is 35.5. The van der Waals surface area contributed by atoms with E-state index in [1.165, 1.54) is 0 Å². The molecule has 21 heavy (non-hydrogen) atoms. The summed E-state index contributed by atoms with van der Waals surface area (Å²) in [5.74, 6) is 0.760. The molecule has 0 aliphatic heterocycles. The normalized spacial score (nSPS) is 18.4. The van der Waals surface area contributed by atoms with Crippen molar-refractivity contribution in [3.05, 3.63) is 0 Å². The zero-order chi connectivity index (χ0) is 15.2. The molecule has 1 saturated carbocycles. The summed E-state index contributed by atoms with van der Waals surface area (Å²) in [6.45, 7) is 5.69. The fourth-order valence-corrected chi connectivity index (χ4v) is 3.10. The van der Waals surface area contributed by atoms with E-state index in [1.54, 1.807) is 7.11 Å². The molecule has 126 valence electrons. The first-order chi connectivity index (χ1) is 9.43. The van der Waals surface area contributed by atoms with Crippen molar-refractivity contribution in [2.75, 3.05) is 27.3 Å². The number of methoxy groups -OCH3 is 1. The maximum Gasteiger partial charge on any atom is 0.228 e. The van der Waals surface area contributed by atoms with Crippen molar-refractivity contribution in [2.45, 2.75) is 58.4 Å². The molecule has 0 spiro atoms. The molecule has 1 aliphatic rings. The Morgan fingerprint density at radius 3 is 2.38 bits per heavy atom. The summed E-state index contributed by atoms with van der Waals surface area (Å²) in [4.78, 5) is 14.7. The van der Waals surface area contributed by atoms with Crippen LogP contribution < -0.4 is 5.73 Å². The standard InChI is InChI=1S/C16H32N2O2.ClH/c1-13(2)14(17)7-11-18(3)15(19)16(10-12-20-4)8-5-6-9-16;/h13-14H,5-12,17H2,1-4H3;1H. The van der Waals surface area contributed by atoms with E-state index in [1.807, 2.05) is 11.9 Å². The minimum atomic E-state index is -0.174. The van der Waals surface area contributed by atoms with Crippen LogP contribution >= 0.6 is 12.4 Å². The first-order valence-corrected chi connectivity index (χ1v) is 7.93. The van der Waals surface area contributed by atoms with Crippen molar-refractivity contribution in [1.82, 2.24) is 4.90 Å². The molecule has 0 heterocycles. The number of ether oxygens (including phenoxy) is 1. The van der Waals surface area contributed by atoms with Crippen LogP contribution in [0.5, 0.6) is 0 Å². The van der Waals surface area contributed by atoms with Crippen molar-refractivity contribution in [2.24, 2.45) is 17.1 Å². The van der Waals surface area contributed by atoms with Gasteiger partial charge in [0.05, 0.1) is 5.41 Å². The number of carbonyl (C=O) groups excluding carboxylic acids is 1. The second-order valence-corrected chi connectivity index (χ2v) is 6.65. The minimum Gasteiger partial charge on any atom is -0.385 e. The van der Waals surface area contributed by atoms with Crippen LogP contribution in [0.2, 0.25) is 0 Å². The van der Waals surface area contributed by atoms with Crippen LogP contribution in [0.3, 0.4) is 0 Å². The molecule has 0 aromatic rings. The van der Waals surface area contributed by atoms with Gasteiger partial charge in [-0.3, -0.25) is 4.79 Å². The van der Waals surface area contributed by atoms with E-state index >= 15 is 0 Å². The smallest absolute Gasteiger partial charge is 0.228 e. The summed E-state index contributed by atoms with van der Waals surface area (Å²) in [6.07, 6.45) is 6.07. The van der Waals surface area contributed by atoms with Crippen LogP contribution in [0.25, 0.3) is 0 Å². The van der Waals surface area contributed by atoms with Gasteiger partial charge < -0.3 is 15.4 Å². The molecule has 1 rings (SSSR count). The molecular formula is C16H33ClN2O2. The molecular weight excluding hydrogens is 288 g/mol. The predicted octanol–water partition coefficient (Wildman–Crippen LogP) is 2.84. The second-order valence-electron chi connectivity index (χ2n) is 6.65. The van der Waals surface area contributed by atoms with Crippen molar-refractivity contribution in [1.29, 1.82) is 0 Å². The summed E-state index contributed by atoms with van der Waals surface area (Å²) < 4.78 is 5.20. The van der Waals surface area contributed by atoms with Gasteiger partial charge in [0, 0.05) is 33.4 Å². The molecule has 5 heteroatoms. The number of hydrogen-bond acceptors (Lipinski definition) is 3. The Labute approximate surface area is 136 Å². The highest BCUT2D eigenvalue weighted by Crippen LogP contribution is 2.42. The number of carbonyl (C=O) groups is 1. The van der Waals surface area contributed by atoms with Crippen molar-refractivity contribution in [3.63, 3.8) is 0 Å². The third-order valence-electron chi connectivity index (χ3n) is 4.80.